The van der Waals surface area contributed by atoms with E-state index in [1.54, 1.807) is 6.26 Å². The molecule has 0 aliphatic carbocycles. The van der Waals surface area contributed by atoms with Crippen LogP contribution in [0.4, 0.5) is 0 Å². The number of hydrogen-bond acceptors (Lipinski definition) is 6. The van der Waals surface area contributed by atoms with E-state index in [0.717, 1.165) is 12.1 Å². The summed E-state index contributed by atoms with van der Waals surface area (Å²) in [6, 6.07) is 2.00. The van der Waals surface area contributed by atoms with Crippen molar-refractivity contribution in [3.05, 3.63) is 23.8 Å². The minimum atomic E-state index is -4.17. The van der Waals surface area contributed by atoms with E-state index in [-0.39, 0.29) is 22.6 Å². The van der Waals surface area contributed by atoms with Gasteiger partial charge in [0.15, 0.2) is 0 Å². The zero-order valence-corrected chi connectivity index (χ0v) is 14.1. The number of sulfonamides is 1. The molecule has 1 atom stereocenters. The normalized spacial score (nSPS) is 12.6. The van der Waals surface area contributed by atoms with Gasteiger partial charge in [0.2, 0.25) is 10.0 Å². The molecule has 128 valence electrons. The molecule has 0 fully saturated rings. The molecular weight excluding hydrogens is 346 g/mol. The molecule has 1 unspecified atom stereocenters. The average Bonchev–Trinajstić information content (AvgIpc) is 2.50. The standard InChI is InChI=1S/C13H17NO7S2/c1-21-11-4-3-8(7-9(11)12(15)16)23(19,20)14-10(13(17)18)5-6-22-2/h3-4,7,10,14H,5-6H2,1-2H3,(H,15,16)(H,17,18). The van der Waals surface area contributed by atoms with Gasteiger partial charge in [-0.2, -0.15) is 16.5 Å². The van der Waals surface area contributed by atoms with Crippen molar-refractivity contribution in [1.82, 2.24) is 4.72 Å². The Balaban J connectivity index is 3.14. The molecule has 0 bridgehead atoms. The van der Waals surface area contributed by atoms with Gasteiger partial charge in [-0.1, -0.05) is 0 Å². The molecule has 0 aliphatic rings. The Bertz CT molecular complexity index is 688. The van der Waals surface area contributed by atoms with Crippen molar-refractivity contribution >= 4 is 33.7 Å². The highest BCUT2D eigenvalue weighted by Crippen LogP contribution is 2.22. The number of hydrogen-bond donors (Lipinski definition) is 3. The van der Waals surface area contributed by atoms with Gasteiger partial charge in [-0.15, -0.1) is 0 Å². The van der Waals surface area contributed by atoms with E-state index in [1.165, 1.54) is 24.9 Å². The van der Waals surface area contributed by atoms with E-state index in [2.05, 4.69) is 4.72 Å². The van der Waals surface area contributed by atoms with E-state index in [4.69, 9.17) is 14.9 Å². The van der Waals surface area contributed by atoms with Gasteiger partial charge in [0.1, 0.15) is 17.4 Å². The molecule has 3 N–H and O–H groups in total. The fourth-order valence-corrected chi connectivity index (χ4v) is 3.47. The third-order valence-corrected chi connectivity index (χ3v) is 5.03. The highest BCUT2D eigenvalue weighted by molar-refractivity contribution is 7.98. The molecule has 1 aromatic rings. The van der Waals surface area contributed by atoms with Gasteiger partial charge < -0.3 is 14.9 Å². The summed E-state index contributed by atoms with van der Waals surface area (Å²) in [5.41, 5.74) is -0.327. The molecule has 0 radical (unpaired) electrons. The van der Waals surface area contributed by atoms with E-state index in [9.17, 15) is 18.0 Å². The van der Waals surface area contributed by atoms with Crippen LogP contribution in [-0.2, 0) is 14.8 Å². The highest BCUT2D eigenvalue weighted by atomic mass is 32.2. The van der Waals surface area contributed by atoms with Gasteiger partial charge in [-0.25, -0.2) is 13.2 Å². The second kappa shape index (κ2) is 8.18. The molecule has 1 aromatic carbocycles. The molecule has 0 saturated carbocycles. The van der Waals surface area contributed by atoms with Crippen molar-refractivity contribution in [2.24, 2.45) is 0 Å². The van der Waals surface area contributed by atoms with E-state index < -0.39 is 28.0 Å². The van der Waals surface area contributed by atoms with Crippen LogP contribution in [0.5, 0.6) is 5.75 Å². The van der Waals surface area contributed by atoms with Crippen LogP contribution in [0, 0.1) is 0 Å². The van der Waals surface area contributed by atoms with Gasteiger partial charge in [0, 0.05) is 0 Å². The Morgan fingerprint density at radius 1 is 1.35 bits per heavy atom. The second-order valence-electron chi connectivity index (χ2n) is 4.46. The van der Waals surface area contributed by atoms with Crippen molar-refractivity contribution in [3.8, 4) is 5.75 Å². The molecule has 8 nitrogen and oxygen atoms in total. The van der Waals surface area contributed by atoms with Crippen LogP contribution in [0.1, 0.15) is 16.8 Å². The van der Waals surface area contributed by atoms with E-state index in [1.807, 2.05) is 0 Å². The number of carboxylic acid groups (broad SMARTS) is 2. The van der Waals surface area contributed by atoms with Crippen LogP contribution in [0.15, 0.2) is 23.1 Å². The lowest BCUT2D eigenvalue weighted by Gasteiger charge is -2.15. The molecule has 0 amide bonds. The molecule has 0 aliphatic heterocycles. The van der Waals surface area contributed by atoms with Crippen LogP contribution >= 0.6 is 11.8 Å². The maximum Gasteiger partial charge on any atom is 0.339 e. The quantitative estimate of drug-likeness (QED) is 0.589. The third-order valence-electron chi connectivity index (χ3n) is 2.92. The predicted molar refractivity (Wildman–Crippen MR) is 84.7 cm³/mol. The number of aliphatic carboxylic acids is 1. The van der Waals surface area contributed by atoms with Crippen molar-refractivity contribution in [2.45, 2.75) is 17.4 Å². The summed E-state index contributed by atoms with van der Waals surface area (Å²) < 4.78 is 31.5. The van der Waals surface area contributed by atoms with Crippen molar-refractivity contribution in [1.29, 1.82) is 0 Å². The Labute approximate surface area is 137 Å². The minimum Gasteiger partial charge on any atom is -0.496 e. The van der Waals surface area contributed by atoms with Crippen LogP contribution in [0.2, 0.25) is 0 Å². The third kappa shape index (κ3) is 5.12. The summed E-state index contributed by atoms with van der Waals surface area (Å²) in [5, 5.41) is 18.2. The minimum absolute atomic E-state index is 0.00798. The first-order valence-corrected chi connectivity index (χ1v) is 9.26. The average molecular weight is 363 g/mol. The summed E-state index contributed by atoms with van der Waals surface area (Å²) >= 11 is 1.39. The largest absolute Gasteiger partial charge is 0.496 e. The molecule has 10 heteroatoms. The molecule has 1 rings (SSSR count). The fraction of sp³-hybridized carbons (Fsp3) is 0.385. The van der Waals surface area contributed by atoms with Crippen molar-refractivity contribution in [2.75, 3.05) is 19.1 Å². The van der Waals surface area contributed by atoms with Gasteiger partial charge in [0.25, 0.3) is 0 Å². The number of aromatic carboxylic acids is 1. The number of rotatable bonds is 9. The fourth-order valence-electron chi connectivity index (χ4n) is 1.75. The van der Waals surface area contributed by atoms with Crippen LogP contribution in [0.3, 0.4) is 0 Å². The number of nitrogens with one attached hydrogen (secondary N) is 1. The smallest absolute Gasteiger partial charge is 0.339 e. The summed E-state index contributed by atoms with van der Waals surface area (Å²) in [7, 11) is -2.91. The van der Waals surface area contributed by atoms with E-state index >= 15 is 0 Å². The number of methoxy groups -OCH3 is 1. The maximum absolute atomic E-state index is 12.3. The number of carbonyl (C=O) groups is 2. The van der Waals surface area contributed by atoms with Gasteiger partial charge in [-0.3, -0.25) is 4.79 Å². The summed E-state index contributed by atoms with van der Waals surface area (Å²) in [6.07, 6.45) is 1.88. The predicted octanol–water partition coefficient (Wildman–Crippen LogP) is 0.878. The van der Waals surface area contributed by atoms with Gasteiger partial charge >= 0.3 is 11.9 Å². The first-order chi connectivity index (χ1) is 10.7. The monoisotopic (exact) mass is 363 g/mol. The first-order valence-electron chi connectivity index (χ1n) is 6.38. The number of carboxylic acids is 2. The Morgan fingerprint density at radius 3 is 2.48 bits per heavy atom. The number of thioether (sulfide) groups is 1. The second-order valence-corrected chi connectivity index (χ2v) is 7.16. The lowest BCUT2D eigenvalue weighted by molar-refractivity contribution is -0.139. The van der Waals surface area contributed by atoms with Gasteiger partial charge in [0.05, 0.1) is 12.0 Å². The van der Waals surface area contributed by atoms with Gasteiger partial charge in [-0.05, 0) is 36.6 Å². The summed E-state index contributed by atoms with van der Waals surface area (Å²) in [4.78, 5) is 21.9. The molecule has 0 saturated heterocycles. The molecule has 23 heavy (non-hydrogen) atoms. The Kier molecular flexibility index (Phi) is 6.85. The summed E-state index contributed by atoms with van der Waals surface area (Å²) in [6.45, 7) is 0. The molecule has 0 heterocycles. The van der Waals surface area contributed by atoms with E-state index in [0.29, 0.717) is 5.75 Å². The number of benzene rings is 1. The molecule has 0 aromatic heterocycles. The molecule has 0 spiro atoms. The Morgan fingerprint density at radius 2 is 2.00 bits per heavy atom. The lowest BCUT2D eigenvalue weighted by Crippen LogP contribution is -2.41. The maximum atomic E-state index is 12.3. The SMILES string of the molecule is COc1ccc(S(=O)(=O)NC(CCSC)C(=O)O)cc1C(=O)O. The van der Waals surface area contributed by atoms with Crippen molar-refractivity contribution in [3.63, 3.8) is 0 Å². The lowest BCUT2D eigenvalue weighted by atomic mass is 10.2. The first kappa shape index (κ1) is 19.3. The zero-order chi connectivity index (χ0) is 17.6. The van der Waals surface area contributed by atoms with Crippen LogP contribution in [0.25, 0.3) is 0 Å². The Hall–Kier alpha value is -1.78. The molecular formula is C13H17NO7S2. The number of ether oxygens (including phenoxy) is 1. The van der Waals surface area contributed by atoms with Crippen LogP contribution < -0.4 is 9.46 Å². The topological polar surface area (TPSA) is 130 Å². The summed E-state index contributed by atoms with van der Waals surface area (Å²) in [5.74, 6) is -2.18. The van der Waals surface area contributed by atoms with Crippen molar-refractivity contribution < 1.29 is 33.0 Å². The highest BCUT2D eigenvalue weighted by Gasteiger charge is 2.26. The van der Waals surface area contributed by atoms with Crippen LogP contribution in [-0.4, -0.2) is 55.7 Å². The zero-order valence-electron chi connectivity index (χ0n) is 12.5.